The normalized spacial score (nSPS) is 20.4. The molecular weight excluding hydrogens is 270 g/mol. The van der Waals surface area contributed by atoms with E-state index in [0.717, 1.165) is 12.3 Å². The zero-order chi connectivity index (χ0) is 15.9. The Bertz CT molecular complexity index is 250. The number of hydrogen-bond acceptors (Lipinski definition) is 1. The second-order valence-corrected chi connectivity index (χ2v) is 7.40. The van der Waals surface area contributed by atoms with Crippen LogP contribution in [0.1, 0.15) is 116 Å². The second-order valence-electron chi connectivity index (χ2n) is 7.40. The van der Waals surface area contributed by atoms with Gasteiger partial charge in [-0.25, -0.2) is 0 Å². The molecule has 2 heteroatoms. The average molecular weight is 310 g/mol. The van der Waals surface area contributed by atoms with Crippen molar-refractivity contribution in [3.05, 3.63) is 0 Å². The Morgan fingerprint density at radius 3 is 1.59 bits per heavy atom. The maximum absolute atomic E-state index is 10.8. The van der Waals surface area contributed by atoms with E-state index in [1.807, 2.05) is 0 Å². The summed E-state index contributed by atoms with van der Waals surface area (Å²) < 4.78 is 0. The topological polar surface area (TPSA) is 43.1 Å². The minimum absolute atomic E-state index is 0.141. The molecule has 1 fully saturated rings. The van der Waals surface area contributed by atoms with Crippen molar-refractivity contribution in [2.45, 2.75) is 116 Å². The lowest BCUT2D eigenvalue weighted by Gasteiger charge is -2.17. The third kappa shape index (κ3) is 12.1. The van der Waals surface area contributed by atoms with Gasteiger partial charge in [-0.3, -0.25) is 4.79 Å². The first-order chi connectivity index (χ1) is 10.8. The molecule has 0 aromatic rings. The van der Waals surface area contributed by atoms with Crippen LogP contribution in [0.2, 0.25) is 0 Å². The lowest BCUT2D eigenvalue weighted by Crippen LogP contribution is -2.09. The quantitative estimate of drug-likeness (QED) is 0.590. The summed E-state index contributed by atoms with van der Waals surface area (Å²) in [6.45, 7) is 0. The van der Waals surface area contributed by atoms with Gasteiger partial charge in [-0.1, -0.05) is 103 Å². The van der Waals surface area contributed by atoms with E-state index in [-0.39, 0.29) is 5.91 Å². The molecule has 0 aromatic carbocycles. The number of nitrogens with two attached hydrogens (primary N) is 1. The van der Waals surface area contributed by atoms with Crippen LogP contribution in [0.15, 0.2) is 0 Å². The van der Waals surface area contributed by atoms with Crippen LogP contribution in [0.3, 0.4) is 0 Å². The highest BCUT2D eigenvalue weighted by Crippen LogP contribution is 2.25. The summed E-state index contributed by atoms with van der Waals surface area (Å²) in [6, 6.07) is 0. The van der Waals surface area contributed by atoms with E-state index in [1.54, 1.807) is 0 Å². The van der Waals surface area contributed by atoms with Gasteiger partial charge in [0.1, 0.15) is 0 Å². The van der Waals surface area contributed by atoms with Gasteiger partial charge in [0.15, 0.2) is 0 Å². The van der Waals surface area contributed by atoms with E-state index in [4.69, 9.17) is 5.73 Å². The predicted octanol–water partition coefficient (Wildman–Crippen LogP) is 6.12. The molecule has 130 valence electrons. The molecule has 0 saturated heterocycles. The second kappa shape index (κ2) is 14.1. The molecule has 0 radical (unpaired) electrons. The Morgan fingerprint density at radius 1 is 0.682 bits per heavy atom. The van der Waals surface area contributed by atoms with E-state index in [2.05, 4.69) is 0 Å². The molecule has 0 spiro atoms. The molecule has 22 heavy (non-hydrogen) atoms. The van der Waals surface area contributed by atoms with Crippen LogP contribution in [0.4, 0.5) is 0 Å². The highest BCUT2D eigenvalue weighted by molar-refractivity contribution is 5.73. The minimum Gasteiger partial charge on any atom is -0.370 e. The van der Waals surface area contributed by atoms with Crippen LogP contribution < -0.4 is 5.73 Å². The first kappa shape index (κ1) is 19.5. The van der Waals surface area contributed by atoms with Gasteiger partial charge in [-0.2, -0.15) is 0 Å². The summed E-state index contributed by atoms with van der Waals surface area (Å²) in [7, 11) is 0. The van der Waals surface area contributed by atoms with Crippen molar-refractivity contribution in [2.75, 3.05) is 0 Å². The molecule has 0 heterocycles. The smallest absolute Gasteiger partial charge is 0.217 e. The van der Waals surface area contributed by atoms with Gasteiger partial charge in [0, 0.05) is 6.42 Å². The third-order valence-corrected chi connectivity index (χ3v) is 5.26. The largest absolute Gasteiger partial charge is 0.370 e. The summed E-state index contributed by atoms with van der Waals surface area (Å²) in [4.78, 5) is 10.8. The number of amides is 1. The molecule has 0 atom stereocenters. The zero-order valence-electron chi connectivity index (χ0n) is 14.8. The minimum atomic E-state index is -0.141. The first-order valence-electron chi connectivity index (χ1n) is 10.1. The number of hydrogen-bond donors (Lipinski definition) is 1. The fourth-order valence-corrected chi connectivity index (χ4v) is 3.80. The number of primary amides is 1. The summed E-state index contributed by atoms with van der Waals surface area (Å²) in [5, 5.41) is 0. The van der Waals surface area contributed by atoms with Gasteiger partial charge in [0.25, 0.3) is 0 Å². The van der Waals surface area contributed by atoms with E-state index in [9.17, 15) is 4.79 Å². The van der Waals surface area contributed by atoms with Crippen LogP contribution in [-0.2, 0) is 4.79 Å². The van der Waals surface area contributed by atoms with Crippen LogP contribution in [0.25, 0.3) is 0 Å². The van der Waals surface area contributed by atoms with Crippen LogP contribution in [0, 0.1) is 5.92 Å². The zero-order valence-corrected chi connectivity index (χ0v) is 14.8. The number of unbranched alkanes of at least 4 members (excludes halogenated alkanes) is 2. The monoisotopic (exact) mass is 309 g/mol. The summed E-state index contributed by atoms with van der Waals surface area (Å²) in [5.74, 6) is 0.800. The van der Waals surface area contributed by atoms with Crippen molar-refractivity contribution in [3.63, 3.8) is 0 Å². The Balaban J connectivity index is 2.17. The summed E-state index contributed by atoms with van der Waals surface area (Å²) in [6.07, 6.45) is 24.2. The van der Waals surface area contributed by atoms with Crippen molar-refractivity contribution >= 4 is 5.91 Å². The fraction of sp³-hybridized carbons (Fsp3) is 0.950. The van der Waals surface area contributed by atoms with Crippen LogP contribution in [0.5, 0.6) is 0 Å². The lowest BCUT2D eigenvalue weighted by molar-refractivity contribution is -0.118. The molecule has 2 N–H and O–H groups in total. The van der Waals surface area contributed by atoms with Gasteiger partial charge < -0.3 is 5.73 Å². The fourth-order valence-electron chi connectivity index (χ4n) is 3.80. The first-order valence-corrected chi connectivity index (χ1v) is 10.1. The Morgan fingerprint density at radius 2 is 1.14 bits per heavy atom. The molecule has 0 aliphatic heterocycles. The number of carbonyl (C=O) groups is 1. The van der Waals surface area contributed by atoms with Gasteiger partial charge in [-0.15, -0.1) is 0 Å². The SMILES string of the molecule is NC(=O)CCCCCC1CCCCCCCCCCCCC1. The van der Waals surface area contributed by atoms with Crippen molar-refractivity contribution < 1.29 is 4.79 Å². The van der Waals surface area contributed by atoms with E-state index >= 15 is 0 Å². The highest BCUT2D eigenvalue weighted by Gasteiger charge is 2.09. The van der Waals surface area contributed by atoms with Gasteiger partial charge in [0.2, 0.25) is 5.91 Å². The van der Waals surface area contributed by atoms with Crippen molar-refractivity contribution in [1.82, 2.24) is 0 Å². The molecule has 0 unspecified atom stereocenters. The van der Waals surface area contributed by atoms with Crippen molar-refractivity contribution in [3.8, 4) is 0 Å². The van der Waals surface area contributed by atoms with Gasteiger partial charge in [-0.05, 0) is 12.3 Å². The van der Waals surface area contributed by atoms with Crippen LogP contribution >= 0.6 is 0 Å². The lowest BCUT2D eigenvalue weighted by atomic mass is 9.89. The summed E-state index contributed by atoms with van der Waals surface area (Å²) >= 11 is 0. The van der Waals surface area contributed by atoms with Gasteiger partial charge in [0.05, 0.1) is 0 Å². The Labute approximate surface area is 138 Å². The third-order valence-electron chi connectivity index (χ3n) is 5.26. The molecule has 1 amide bonds. The van der Waals surface area contributed by atoms with Crippen LogP contribution in [-0.4, -0.2) is 5.91 Å². The van der Waals surface area contributed by atoms with Crippen molar-refractivity contribution in [2.24, 2.45) is 11.7 Å². The van der Waals surface area contributed by atoms with E-state index in [0.29, 0.717) is 6.42 Å². The van der Waals surface area contributed by atoms with E-state index < -0.39 is 0 Å². The molecule has 1 saturated carbocycles. The number of carbonyl (C=O) groups excluding carboxylic acids is 1. The van der Waals surface area contributed by atoms with E-state index in [1.165, 1.54) is 103 Å². The van der Waals surface area contributed by atoms with Gasteiger partial charge >= 0.3 is 0 Å². The Hall–Kier alpha value is -0.530. The summed E-state index contributed by atoms with van der Waals surface area (Å²) in [5.41, 5.74) is 5.20. The molecule has 2 nitrogen and oxygen atoms in total. The molecule has 1 rings (SSSR count). The molecule has 0 aromatic heterocycles. The maximum Gasteiger partial charge on any atom is 0.217 e. The maximum atomic E-state index is 10.8. The number of rotatable bonds is 6. The molecular formula is C20H39NO. The Kier molecular flexibility index (Phi) is 12.5. The average Bonchev–Trinajstić information content (AvgIpc) is 2.50. The van der Waals surface area contributed by atoms with Crippen molar-refractivity contribution in [1.29, 1.82) is 0 Å². The standard InChI is InChI=1S/C20H39NO/c21-20(22)18-14-10-13-17-19-15-11-8-6-4-2-1-3-5-7-9-12-16-19/h19H,1-18H2,(H2,21,22). The molecule has 1 aliphatic carbocycles. The molecule has 1 aliphatic rings. The molecule has 0 bridgehead atoms. The predicted molar refractivity (Wildman–Crippen MR) is 95.8 cm³/mol. The highest BCUT2D eigenvalue weighted by atomic mass is 16.1.